The minimum absolute atomic E-state index is 0.0125. The highest BCUT2D eigenvalue weighted by Crippen LogP contribution is 1.97. The van der Waals surface area contributed by atoms with Crippen molar-refractivity contribution in [2.45, 2.75) is 45.3 Å². The fourth-order valence-corrected chi connectivity index (χ4v) is 0.935. The van der Waals surface area contributed by atoms with Gasteiger partial charge in [-0.3, -0.25) is 4.79 Å². The van der Waals surface area contributed by atoms with Crippen LogP contribution in [0.15, 0.2) is 0 Å². The maximum atomic E-state index is 11.1. The van der Waals surface area contributed by atoms with E-state index in [1.165, 1.54) is 0 Å². The fraction of sp³-hybridized carbons (Fsp3) is 0.889. The molecule has 78 valence electrons. The van der Waals surface area contributed by atoms with Crippen molar-refractivity contribution in [3.8, 4) is 0 Å². The van der Waals surface area contributed by atoms with Gasteiger partial charge in [0.05, 0.1) is 6.10 Å². The van der Waals surface area contributed by atoms with Crippen molar-refractivity contribution in [1.82, 2.24) is 5.32 Å². The summed E-state index contributed by atoms with van der Waals surface area (Å²) in [6, 6.07) is 0.157. The van der Waals surface area contributed by atoms with Gasteiger partial charge in [-0.25, -0.2) is 0 Å². The lowest BCUT2D eigenvalue weighted by atomic mass is 10.1. The van der Waals surface area contributed by atoms with Crippen LogP contribution in [0.5, 0.6) is 0 Å². The molecular formula is C9H20N2O2. The van der Waals surface area contributed by atoms with Crippen molar-refractivity contribution in [2.75, 3.05) is 6.54 Å². The molecule has 0 rings (SSSR count). The third-order valence-corrected chi connectivity index (χ3v) is 1.66. The number of hydrogen-bond acceptors (Lipinski definition) is 3. The maximum absolute atomic E-state index is 11.1. The predicted octanol–water partition coefficient (Wildman–Crippen LogP) is 0.000900. The molecule has 4 N–H and O–H groups in total. The van der Waals surface area contributed by atoms with Crippen LogP contribution < -0.4 is 11.1 Å². The summed E-state index contributed by atoms with van der Waals surface area (Å²) in [5.74, 6) is -0.0125. The van der Waals surface area contributed by atoms with E-state index in [0.717, 1.165) is 12.8 Å². The molecule has 13 heavy (non-hydrogen) atoms. The number of rotatable bonds is 6. The van der Waals surface area contributed by atoms with Gasteiger partial charge < -0.3 is 16.2 Å². The lowest BCUT2D eigenvalue weighted by molar-refractivity contribution is -0.121. The van der Waals surface area contributed by atoms with E-state index in [-0.39, 0.29) is 11.9 Å². The Kier molecular flexibility index (Phi) is 6.54. The summed E-state index contributed by atoms with van der Waals surface area (Å²) in [6.07, 6.45) is 1.69. The van der Waals surface area contributed by atoms with Gasteiger partial charge in [-0.1, -0.05) is 0 Å². The van der Waals surface area contributed by atoms with Gasteiger partial charge >= 0.3 is 0 Å². The zero-order valence-corrected chi connectivity index (χ0v) is 8.42. The molecule has 0 fully saturated rings. The molecule has 0 radical (unpaired) electrons. The minimum atomic E-state index is -0.475. The number of hydrogen-bond donors (Lipinski definition) is 3. The monoisotopic (exact) mass is 188 g/mol. The molecule has 2 unspecified atom stereocenters. The molecule has 2 atom stereocenters. The first-order valence-electron chi connectivity index (χ1n) is 4.72. The van der Waals surface area contributed by atoms with Gasteiger partial charge in [-0.15, -0.1) is 0 Å². The first-order valence-corrected chi connectivity index (χ1v) is 4.72. The Hall–Kier alpha value is -0.610. The third-order valence-electron chi connectivity index (χ3n) is 1.66. The zero-order chi connectivity index (χ0) is 10.3. The normalized spacial score (nSPS) is 15.1. The number of nitrogens with one attached hydrogen (secondary N) is 1. The summed E-state index contributed by atoms with van der Waals surface area (Å²) < 4.78 is 0. The molecule has 0 aromatic carbocycles. The van der Waals surface area contributed by atoms with Crippen molar-refractivity contribution >= 4 is 5.91 Å². The Bertz CT molecular complexity index is 147. The van der Waals surface area contributed by atoms with Crippen LogP contribution in [0.4, 0.5) is 0 Å². The average molecular weight is 188 g/mol. The molecule has 4 nitrogen and oxygen atoms in total. The van der Waals surface area contributed by atoms with Crippen molar-refractivity contribution in [2.24, 2.45) is 5.73 Å². The topological polar surface area (TPSA) is 75.4 Å². The Labute approximate surface area is 79.5 Å². The van der Waals surface area contributed by atoms with Gasteiger partial charge in [0.2, 0.25) is 5.91 Å². The van der Waals surface area contributed by atoms with E-state index < -0.39 is 6.10 Å². The van der Waals surface area contributed by atoms with Gasteiger partial charge in [-0.05, 0) is 26.7 Å². The number of carbonyl (C=O) groups is 1. The molecule has 0 aliphatic rings. The Morgan fingerprint density at radius 1 is 1.54 bits per heavy atom. The van der Waals surface area contributed by atoms with E-state index >= 15 is 0 Å². The summed E-state index contributed by atoms with van der Waals surface area (Å²) in [6.45, 7) is 3.90. The van der Waals surface area contributed by atoms with Crippen molar-refractivity contribution < 1.29 is 9.90 Å². The van der Waals surface area contributed by atoms with Crippen molar-refractivity contribution in [1.29, 1.82) is 0 Å². The van der Waals surface area contributed by atoms with E-state index in [0.29, 0.717) is 13.0 Å². The van der Waals surface area contributed by atoms with Crippen LogP contribution in [0.25, 0.3) is 0 Å². The average Bonchev–Trinajstić information content (AvgIpc) is 2.00. The number of nitrogens with two attached hydrogens (primary N) is 1. The number of carbonyl (C=O) groups excluding carboxylic acids is 1. The molecule has 4 heteroatoms. The van der Waals surface area contributed by atoms with Gasteiger partial charge in [0.25, 0.3) is 0 Å². The standard InChI is InChI=1S/C9H20N2O2/c1-7(10)4-3-5-9(13)11-6-8(2)12/h7-8,12H,3-6,10H2,1-2H3,(H,11,13). The van der Waals surface area contributed by atoms with Crippen LogP contribution in [0.3, 0.4) is 0 Å². The Balaban J connectivity index is 3.30. The van der Waals surface area contributed by atoms with Gasteiger partial charge in [-0.2, -0.15) is 0 Å². The van der Waals surface area contributed by atoms with E-state index in [1.54, 1.807) is 6.92 Å². The summed E-state index contributed by atoms with van der Waals surface area (Å²) >= 11 is 0. The Morgan fingerprint density at radius 2 is 2.15 bits per heavy atom. The van der Waals surface area contributed by atoms with Crippen LogP contribution in [0.1, 0.15) is 33.1 Å². The Morgan fingerprint density at radius 3 is 2.62 bits per heavy atom. The largest absolute Gasteiger partial charge is 0.392 e. The second kappa shape index (κ2) is 6.86. The van der Waals surface area contributed by atoms with Crippen molar-refractivity contribution in [3.63, 3.8) is 0 Å². The van der Waals surface area contributed by atoms with Gasteiger partial charge in [0.1, 0.15) is 0 Å². The highest BCUT2D eigenvalue weighted by Gasteiger charge is 2.03. The highest BCUT2D eigenvalue weighted by atomic mass is 16.3. The van der Waals surface area contributed by atoms with Gasteiger partial charge in [0, 0.05) is 19.0 Å². The van der Waals surface area contributed by atoms with E-state index in [1.807, 2.05) is 6.92 Å². The molecule has 0 aliphatic carbocycles. The first kappa shape index (κ1) is 12.4. The van der Waals surface area contributed by atoms with Crippen LogP contribution in [0, 0.1) is 0 Å². The molecule has 0 aromatic rings. The van der Waals surface area contributed by atoms with Gasteiger partial charge in [0.15, 0.2) is 0 Å². The molecule has 0 spiro atoms. The SMILES string of the molecule is CC(N)CCCC(=O)NCC(C)O. The number of amides is 1. The second-order valence-corrected chi connectivity index (χ2v) is 3.52. The number of aliphatic hydroxyl groups is 1. The lowest BCUT2D eigenvalue weighted by Crippen LogP contribution is -2.30. The first-order chi connectivity index (χ1) is 6.02. The molecule has 0 saturated heterocycles. The van der Waals surface area contributed by atoms with Crippen LogP contribution in [-0.4, -0.2) is 29.7 Å². The quantitative estimate of drug-likeness (QED) is 0.549. The fourth-order valence-electron chi connectivity index (χ4n) is 0.935. The molecule has 0 saturated carbocycles. The summed E-state index contributed by atoms with van der Waals surface area (Å²) in [7, 11) is 0. The summed E-state index contributed by atoms with van der Waals surface area (Å²) in [5.41, 5.74) is 5.53. The molecule has 0 aliphatic heterocycles. The molecule has 1 amide bonds. The van der Waals surface area contributed by atoms with Crippen LogP contribution in [0.2, 0.25) is 0 Å². The highest BCUT2D eigenvalue weighted by molar-refractivity contribution is 5.75. The number of aliphatic hydroxyl groups excluding tert-OH is 1. The zero-order valence-electron chi connectivity index (χ0n) is 8.42. The summed E-state index contributed by atoms with van der Waals surface area (Å²) in [5, 5.41) is 11.5. The molecule has 0 bridgehead atoms. The van der Waals surface area contributed by atoms with E-state index in [4.69, 9.17) is 10.8 Å². The molecular weight excluding hydrogens is 168 g/mol. The lowest BCUT2D eigenvalue weighted by Gasteiger charge is -2.07. The molecule has 0 aromatic heterocycles. The third kappa shape index (κ3) is 9.30. The summed E-state index contributed by atoms with van der Waals surface area (Å²) in [4.78, 5) is 11.1. The van der Waals surface area contributed by atoms with E-state index in [9.17, 15) is 4.79 Å². The van der Waals surface area contributed by atoms with Crippen LogP contribution in [-0.2, 0) is 4.79 Å². The molecule has 0 heterocycles. The minimum Gasteiger partial charge on any atom is -0.392 e. The predicted molar refractivity (Wildman–Crippen MR) is 52.2 cm³/mol. The van der Waals surface area contributed by atoms with Crippen LogP contribution >= 0.6 is 0 Å². The van der Waals surface area contributed by atoms with Crippen molar-refractivity contribution in [3.05, 3.63) is 0 Å². The maximum Gasteiger partial charge on any atom is 0.220 e. The smallest absolute Gasteiger partial charge is 0.220 e. The van der Waals surface area contributed by atoms with E-state index in [2.05, 4.69) is 5.32 Å². The second-order valence-electron chi connectivity index (χ2n) is 3.52.